The lowest BCUT2D eigenvalue weighted by atomic mass is 9.97. The molecule has 1 aromatic heterocycles. The number of nitrogens with zero attached hydrogens (tertiary/aromatic N) is 2. The van der Waals surface area contributed by atoms with Crippen LogP contribution in [0, 0.1) is 0 Å². The summed E-state index contributed by atoms with van der Waals surface area (Å²) >= 11 is 0. The van der Waals surface area contributed by atoms with E-state index in [1.54, 1.807) is 7.11 Å². The minimum atomic E-state index is -0.146. The zero-order valence-electron chi connectivity index (χ0n) is 13.5. The van der Waals surface area contributed by atoms with Gasteiger partial charge in [0.2, 0.25) is 11.8 Å². The van der Waals surface area contributed by atoms with Gasteiger partial charge >= 0.3 is 0 Å². The maximum Gasteiger partial charge on any atom is 0.235 e. The third-order valence-corrected chi connectivity index (χ3v) is 2.97. The number of methoxy groups -OCH3 is 1. The molecular weight excluding hydrogens is 282 g/mol. The van der Waals surface area contributed by atoms with Crippen molar-refractivity contribution in [2.24, 2.45) is 0 Å². The third-order valence-electron chi connectivity index (χ3n) is 2.97. The molecule has 0 bridgehead atoms. The second-order valence-electron chi connectivity index (χ2n) is 5.94. The first-order valence-electron chi connectivity index (χ1n) is 7.28. The minimum Gasteiger partial charge on any atom is -0.489 e. The van der Waals surface area contributed by atoms with Crippen molar-refractivity contribution in [1.29, 1.82) is 0 Å². The molecule has 0 atom stereocenters. The van der Waals surface area contributed by atoms with Crippen molar-refractivity contribution in [3.05, 3.63) is 36.0 Å². The summed E-state index contributed by atoms with van der Waals surface area (Å²) in [6.45, 7) is 7.62. The molecule has 0 saturated heterocycles. The minimum absolute atomic E-state index is 0.146. The van der Waals surface area contributed by atoms with Crippen LogP contribution in [0.4, 0.5) is 5.69 Å². The van der Waals surface area contributed by atoms with Crippen LogP contribution < -0.4 is 10.1 Å². The van der Waals surface area contributed by atoms with E-state index in [-0.39, 0.29) is 5.41 Å². The summed E-state index contributed by atoms with van der Waals surface area (Å²) in [6.07, 6.45) is 0. The van der Waals surface area contributed by atoms with Gasteiger partial charge in [-0.15, -0.1) is 10.2 Å². The Bertz CT molecular complexity index is 590. The van der Waals surface area contributed by atoms with Crippen molar-refractivity contribution in [3.8, 4) is 5.75 Å². The largest absolute Gasteiger partial charge is 0.489 e. The summed E-state index contributed by atoms with van der Waals surface area (Å²) in [4.78, 5) is 0. The summed E-state index contributed by atoms with van der Waals surface area (Å²) in [5.74, 6) is 1.96. The summed E-state index contributed by atoms with van der Waals surface area (Å²) in [7, 11) is 1.65. The van der Waals surface area contributed by atoms with Gasteiger partial charge < -0.3 is 19.2 Å². The molecule has 2 rings (SSSR count). The first kappa shape index (κ1) is 16.3. The van der Waals surface area contributed by atoms with E-state index in [1.807, 2.05) is 45.0 Å². The Hall–Kier alpha value is -2.08. The van der Waals surface area contributed by atoms with Gasteiger partial charge in [0.15, 0.2) is 0 Å². The molecule has 0 saturated carbocycles. The summed E-state index contributed by atoms with van der Waals surface area (Å²) in [5.41, 5.74) is 0.737. The smallest absolute Gasteiger partial charge is 0.235 e. The lowest BCUT2D eigenvalue weighted by molar-refractivity contribution is 0.146. The van der Waals surface area contributed by atoms with Crippen molar-refractivity contribution in [1.82, 2.24) is 10.2 Å². The quantitative estimate of drug-likeness (QED) is 0.793. The number of rotatable bonds is 7. The average molecular weight is 305 g/mol. The monoisotopic (exact) mass is 305 g/mol. The highest BCUT2D eigenvalue weighted by Crippen LogP contribution is 2.25. The second kappa shape index (κ2) is 7.26. The van der Waals surface area contributed by atoms with Crippen LogP contribution in [0.5, 0.6) is 5.75 Å². The molecule has 22 heavy (non-hydrogen) atoms. The first-order chi connectivity index (χ1) is 10.5. The number of aromatic nitrogens is 2. The van der Waals surface area contributed by atoms with Gasteiger partial charge in [-0.3, -0.25) is 0 Å². The maximum absolute atomic E-state index is 5.67. The van der Waals surface area contributed by atoms with Crippen molar-refractivity contribution in [2.45, 2.75) is 32.7 Å². The molecule has 1 heterocycles. The number of anilines is 1. The second-order valence-corrected chi connectivity index (χ2v) is 5.94. The predicted molar refractivity (Wildman–Crippen MR) is 84.1 cm³/mol. The standard InChI is InChI=1S/C16H23N3O3/c1-16(2,3)15-19-18-14(22-15)11-17-12-7-5-6-8-13(12)21-10-9-20-4/h5-8,17H,9-11H2,1-4H3. The fourth-order valence-corrected chi connectivity index (χ4v) is 1.77. The fraction of sp³-hybridized carbons (Fsp3) is 0.500. The number of hydrogen-bond donors (Lipinski definition) is 1. The Morgan fingerprint density at radius 3 is 2.59 bits per heavy atom. The Morgan fingerprint density at radius 2 is 1.91 bits per heavy atom. The number of nitrogens with one attached hydrogen (secondary N) is 1. The van der Waals surface area contributed by atoms with E-state index in [4.69, 9.17) is 13.9 Å². The normalized spacial score (nSPS) is 11.5. The third kappa shape index (κ3) is 4.46. The van der Waals surface area contributed by atoms with E-state index < -0.39 is 0 Å². The van der Waals surface area contributed by atoms with Crippen LogP contribution in [0.1, 0.15) is 32.6 Å². The fourth-order valence-electron chi connectivity index (χ4n) is 1.77. The van der Waals surface area contributed by atoms with Gasteiger partial charge in [0.25, 0.3) is 0 Å². The van der Waals surface area contributed by atoms with Crippen LogP contribution in [-0.2, 0) is 16.7 Å². The van der Waals surface area contributed by atoms with Crippen molar-refractivity contribution < 1.29 is 13.9 Å². The first-order valence-corrected chi connectivity index (χ1v) is 7.28. The molecule has 6 heteroatoms. The van der Waals surface area contributed by atoms with E-state index in [0.29, 0.717) is 31.5 Å². The number of para-hydroxylation sites is 2. The van der Waals surface area contributed by atoms with Crippen LogP contribution in [0.2, 0.25) is 0 Å². The van der Waals surface area contributed by atoms with Crippen LogP contribution >= 0.6 is 0 Å². The maximum atomic E-state index is 5.67. The van der Waals surface area contributed by atoms with E-state index in [1.165, 1.54) is 0 Å². The predicted octanol–water partition coefficient (Wildman–Crippen LogP) is 3.00. The molecule has 0 radical (unpaired) electrons. The van der Waals surface area contributed by atoms with Crippen molar-refractivity contribution >= 4 is 5.69 Å². The summed E-state index contributed by atoms with van der Waals surface area (Å²) in [5, 5.41) is 11.4. The Balaban J connectivity index is 1.98. The Kier molecular flexibility index (Phi) is 5.38. The molecule has 0 aliphatic carbocycles. The van der Waals surface area contributed by atoms with E-state index in [9.17, 15) is 0 Å². The van der Waals surface area contributed by atoms with Gasteiger partial charge in [-0.1, -0.05) is 32.9 Å². The average Bonchev–Trinajstić information content (AvgIpc) is 2.95. The lowest BCUT2D eigenvalue weighted by Gasteiger charge is -2.12. The van der Waals surface area contributed by atoms with Crippen LogP contribution in [0.15, 0.2) is 28.7 Å². The van der Waals surface area contributed by atoms with Crippen LogP contribution in [-0.4, -0.2) is 30.5 Å². The zero-order valence-corrected chi connectivity index (χ0v) is 13.5. The van der Waals surface area contributed by atoms with E-state index >= 15 is 0 Å². The van der Waals surface area contributed by atoms with Gasteiger partial charge in [0.1, 0.15) is 12.4 Å². The lowest BCUT2D eigenvalue weighted by Crippen LogP contribution is -2.11. The van der Waals surface area contributed by atoms with Gasteiger partial charge in [-0.05, 0) is 12.1 Å². The SMILES string of the molecule is COCCOc1ccccc1NCc1nnc(C(C)(C)C)o1. The number of hydrogen-bond acceptors (Lipinski definition) is 6. The molecule has 1 aromatic carbocycles. The topological polar surface area (TPSA) is 69.4 Å². The summed E-state index contributed by atoms with van der Waals surface area (Å²) in [6, 6.07) is 7.73. The highest BCUT2D eigenvalue weighted by molar-refractivity contribution is 5.56. The highest BCUT2D eigenvalue weighted by Gasteiger charge is 2.21. The van der Waals surface area contributed by atoms with Gasteiger partial charge in [0, 0.05) is 12.5 Å². The molecule has 0 aliphatic heterocycles. The highest BCUT2D eigenvalue weighted by atomic mass is 16.5. The molecular formula is C16H23N3O3. The molecule has 2 aromatic rings. The van der Waals surface area contributed by atoms with Gasteiger partial charge in [0.05, 0.1) is 18.8 Å². The van der Waals surface area contributed by atoms with Crippen molar-refractivity contribution in [2.75, 3.05) is 25.6 Å². The molecule has 0 unspecified atom stereocenters. The molecule has 0 amide bonds. The van der Waals surface area contributed by atoms with Gasteiger partial charge in [-0.2, -0.15) is 0 Å². The molecule has 0 aliphatic rings. The van der Waals surface area contributed by atoms with E-state index in [2.05, 4.69) is 15.5 Å². The molecule has 0 fully saturated rings. The van der Waals surface area contributed by atoms with Gasteiger partial charge in [-0.25, -0.2) is 0 Å². The number of ether oxygens (including phenoxy) is 2. The number of benzene rings is 1. The Morgan fingerprint density at radius 1 is 1.14 bits per heavy atom. The Labute approximate surface area is 130 Å². The van der Waals surface area contributed by atoms with Crippen LogP contribution in [0.25, 0.3) is 0 Å². The molecule has 6 nitrogen and oxygen atoms in total. The summed E-state index contributed by atoms with van der Waals surface area (Å²) < 4.78 is 16.3. The van der Waals surface area contributed by atoms with Crippen molar-refractivity contribution in [3.63, 3.8) is 0 Å². The zero-order chi connectivity index (χ0) is 16.0. The molecule has 120 valence electrons. The van der Waals surface area contributed by atoms with Crippen LogP contribution in [0.3, 0.4) is 0 Å². The van der Waals surface area contributed by atoms with E-state index in [0.717, 1.165) is 11.4 Å². The molecule has 0 spiro atoms. The molecule has 1 N–H and O–H groups in total.